The highest BCUT2D eigenvalue weighted by atomic mass is 79.9. The second-order valence-corrected chi connectivity index (χ2v) is 8.72. The first-order valence-corrected chi connectivity index (χ1v) is 11.2. The van der Waals surface area contributed by atoms with Gasteiger partial charge in [-0.2, -0.15) is 5.26 Å². The first-order valence-electron chi connectivity index (χ1n) is 10.4. The van der Waals surface area contributed by atoms with Gasteiger partial charge in [-0.1, -0.05) is 92.2 Å². The van der Waals surface area contributed by atoms with Crippen LogP contribution in [0.5, 0.6) is 0 Å². The third-order valence-corrected chi connectivity index (χ3v) is 6.73. The Balaban J connectivity index is 2.22. The second-order valence-electron chi connectivity index (χ2n) is 7.87. The summed E-state index contributed by atoms with van der Waals surface area (Å²) >= 11 is 3.69. The third kappa shape index (κ3) is 5.25. The van der Waals surface area contributed by atoms with Crippen molar-refractivity contribution in [2.24, 2.45) is 5.92 Å². The fraction of sp³-hybridized carbons (Fsp3) is 0.480. The summed E-state index contributed by atoms with van der Waals surface area (Å²) in [4.78, 5) is 2.55. The molecule has 0 saturated carbocycles. The first kappa shape index (κ1) is 22.7. The zero-order valence-corrected chi connectivity index (χ0v) is 19.2. The highest BCUT2D eigenvalue weighted by Gasteiger charge is 2.38. The molecule has 0 saturated heterocycles. The maximum absolute atomic E-state index is 10.3. The lowest BCUT2D eigenvalue weighted by molar-refractivity contribution is 0.168. The number of benzene rings is 2. The Bertz CT molecular complexity index is 766. The van der Waals surface area contributed by atoms with E-state index in [-0.39, 0.29) is 5.92 Å². The SMILES string of the molecule is CCC(CCC(C#N)(c1ccccc1Br)C(C)C)N(CC)Cc1ccccc1. The fourth-order valence-corrected chi connectivity index (χ4v) is 4.80. The first-order chi connectivity index (χ1) is 13.5. The summed E-state index contributed by atoms with van der Waals surface area (Å²) in [5, 5.41) is 10.3. The lowest BCUT2D eigenvalue weighted by atomic mass is 9.69. The van der Waals surface area contributed by atoms with Crippen molar-refractivity contribution in [3.05, 3.63) is 70.2 Å². The van der Waals surface area contributed by atoms with Gasteiger partial charge >= 0.3 is 0 Å². The zero-order valence-electron chi connectivity index (χ0n) is 17.7. The highest BCUT2D eigenvalue weighted by Crippen LogP contribution is 2.41. The Hall–Kier alpha value is -1.63. The van der Waals surface area contributed by atoms with Crippen LogP contribution >= 0.6 is 15.9 Å². The van der Waals surface area contributed by atoms with Gasteiger partial charge in [0.15, 0.2) is 0 Å². The summed E-state index contributed by atoms with van der Waals surface area (Å²) in [5.74, 6) is 0.248. The summed E-state index contributed by atoms with van der Waals surface area (Å²) in [6.07, 6.45) is 2.98. The summed E-state index contributed by atoms with van der Waals surface area (Å²) in [6.45, 7) is 10.8. The Kier molecular flexibility index (Phi) is 8.73. The number of hydrogen-bond acceptors (Lipinski definition) is 2. The average molecular weight is 441 g/mol. The number of nitrogens with zero attached hydrogens (tertiary/aromatic N) is 2. The van der Waals surface area contributed by atoms with Crippen LogP contribution in [-0.2, 0) is 12.0 Å². The molecule has 2 nitrogen and oxygen atoms in total. The van der Waals surface area contributed by atoms with E-state index in [1.54, 1.807) is 0 Å². The van der Waals surface area contributed by atoms with Gasteiger partial charge in [0.1, 0.15) is 0 Å². The van der Waals surface area contributed by atoms with E-state index < -0.39 is 5.41 Å². The van der Waals surface area contributed by atoms with Crippen LogP contribution in [0, 0.1) is 17.2 Å². The maximum atomic E-state index is 10.3. The van der Waals surface area contributed by atoms with Crippen molar-refractivity contribution < 1.29 is 0 Å². The molecule has 0 N–H and O–H groups in total. The third-order valence-electron chi connectivity index (χ3n) is 6.03. The number of nitriles is 1. The van der Waals surface area contributed by atoms with Gasteiger partial charge in [0.2, 0.25) is 0 Å². The second kappa shape index (κ2) is 10.8. The maximum Gasteiger partial charge on any atom is 0.0856 e. The van der Waals surface area contributed by atoms with Crippen molar-refractivity contribution >= 4 is 15.9 Å². The monoisotopic (exact) mass is 440 g/mol. The van der Waals surface area contributed by atoms with Crippen LogP contribution in [0.4, 0.5) is 0 Å². The Morgan fingerprint density at radius 2 is 1.68 bits per heavy atom. The molecule has 150 valence electrons. The van der Waals surface area contributed by atoms with Crippen LogP contribution in [-0.4, -0.2) is 17.5 Å². The molecule has 28 heavy (non-hydrogen) atoms. The minimum Gasteiger partial charge on any atom is -0.296 e. The van der Waals surface area contributed by atoms with E-state index >= 15 is 0 Å². The van der Waals surface area contributed by atoms with E-state index in [1.807, 2.05) is 12.1 Å². The molecule has 2 unspecified atom stereocenters. The van der Waals surface area contributed by atoms with Crippen molar-refractivity contribution in [3.63, 3.8) is 0 Å². The Morgan fingerprint density at radius 1 is 1.04 bits per heavy atom. The van der Waals surface area contributed by atoms with E-state index in [9.17, 15) is 5.26 Å². The van der Waals surface area contributed by atoms with E-state index in [1.165, 1.54) is 5.56 Å². The minimum absolute atomic E-state index is 0.248. The van der Waals surface area contributed by atoms with Gasteiger partial charge in [-0.05, 0) is 48.9 Å². The lowest BCUT2D eigenvalue weighted by Gasteiger charge is -2.36. The number of halogens is 1. The molecule has 2 aromatic carbocycles. The fourth-order valence-electron chi connectivity index (χ4n) is 4.16. The van der Waals surface area contributed by atoms with Crippen LogP contribution in [0.25, 0.3) is 0 Å². The van der Waals surface area contributed by atoms with Crippen LogP contribution in [0.2, 0.25) is 0 Å². The summed E-state index contributed by atoms with van der Waals surface area (Å²) in [6, 6.07) is 22.1. The number of rotatable bonds is 10. The molecule has 2 aromatic rings. The summed E-state index contributed by atoms with van der Waals surface area (Å²) in [5.41, 5.74) is 2.00. The van der Waals surface area contributed by atoms with Gasteiger partial charge in [-0.3, -0.25) is 4.90 Å². The van der Waals surface area contributed by atoms with Gasteiger partial charge in [-0.25, -0.2) is 0 Å². The molecule has 0 aliphatic carbocycles. The minimum atomic E-state index is -0.473. The summed E-state index contributed by atoms with van der Waals surface area (Å²) in [7, 11) is 0. The molecule has 0 amide bonds. The molecule has 3 heteroatoms. The molecular formula is C25H33BrN2. The largest absolute Gasteiger partial charge is 0.296 e. The van der Waals surface area contributed by atoms with Crippen molar-refractivity contribution in [2.75, 3.05) is 6.54 Å². The van der Waals surface area contributed by atoms with Crippen LogP contribution in [0.3, 0.4) is 0 Å². The van der Waals surface area contributed by atoms with Gasteiger partial charge in [0, 0.05) is 17.1 Å². The van der Waals surface area contributed by atoms with Crippen molar-refractivity contribution in [2.45, 2.75) is 65.0 Å². The van der Waals surface area contributed by atoms with E-state index in [0.717, 1.165) is 42.4 Å². The predicted molar refractivity (Wildman–Crippen MR) is 122 cm³/mol. The lowest BCUT2D eigenvalue weighted by Crippen LogP contribution is -2.38. The Morgan fingerprint density at radius 3 is 2.21 bits per heavy atom. The Labute approximate surface area is 179 Å². The summed E-state index contributed by atoms with van der Waals surface area (Å²) < 4.78 is 1.04. The van der Waals surface area contributed by atoms with Crippen LogP contribution in [0.15, 0.2) is 59.1 Å². The topological polar surface area (TPSA) is 27.0 Å². The van der Waals surface area contributed by atoms with Crippen LogP contribution < -0.4 is 0 Å². The van der Waals surface area contributed by atoms with E-state index in [0.29, 0.717) is 6.04 Å². The smallest absolute Gasteiger partial charge is 0.0856 e. The molecule has 0 heterocycles. The van der Waals surface area contributed by atoms with Crippen molar-refractivity contribution in [1.29, 1.82) is 5.26 Å². The van der Waals surface area contributed by atoms with Gasteiger partial charge < -0.3 is 0 Å². The number of hydrogen-bond donors (Lipinski definition) is 0. The zero-order chi connectivity index (χ0) is 20.6. The van der Waals surface area contributed by atoms with Crippen molar-refractivity contribution in [1.82, 2.24) is 4.90 Å². The molecule has 0 fully saturated rings. The molecule has 0 spiro atoms. The molecular weight excluding hydrogens is 408 g/mol. The molecule has 0 radical (unpaired) electrons. The van der Waals surface area contributed by atoms with E-state index in [2.05, 4.69) is 97.1 Å². The molecule has 0 aliphatic heterocycles. The normalized spacial score (nSPS) is 14.6. The molecule has 0 aliphatic rings. The molecule has 0 aromatic heterocycles. The molecule has 2 rings (SSSR count). The van der Waals surface area contributed by atoms with E-state index in [4.69, 9.17) is 0 Å². The van der Waals surface area contributed by atoms with Gasteiger partial charge in [-0.15, -0.1) is 0 Å². The van der Waals surface area contributed by atoms with Crippen LogP contribution in [0.1, 0.15) is 58.1 Å². The molecule has 0 bridgehead atoms. The predicted octanol–water partition coefficient (Wildman–Crippen LogP) is 6.95. The quantitative estimate of drug-likeness (QED) is 0.399. The standard InChI is InChI=1S/C25H33BrN2/c1-5-22(28(6-2)18-21-12-8-7-9-13-21)16-17-25(19-27,20(3)4)23-14-10-11-15-24(23)26/h7-15,20,22H,5-6,16-18H2,1-4H3. The van der Waals surface area contributed by atoms with Gasteiger partial charge in [0.05, 0.1) is 11.5 Å². The average Bonchev–Trinajstić information content (AvgIpc) is 2.71. The van der Waals surface area contributed by atoms with Gasteiger partial charge in [0.25, 0.3) is 0 Å². The van der Waals surface area contributed by atoms with Crippen molar-refractivity contribution in [3.8, 4) is 6.07 Å². The highest BCUT2D eigenvalue weighted by molar-refractivity contribution is 9.10. The molecule has 2 atom stereocenters.